The minimum atomic E-state index is 0.712. The van der Waals surface area contributed by atoms with Gasteiger partial charge < -0.3 is 10.1 Å². The molecule has 1 saturated carbocycles. The Morgan fingerprint density at radius 3 is 2.79 bits per heavy atom. The van der Waals surface area contributed by atoms with Gasteiger partial charge in [0, 0.05) is 19.2 Å². The molecule has 0 aromatic rings. The molecule has 1 aliphatic carbocycles. The maximum absolute atomic E-state index is 5.47. The van der Waals surface area contributed by atoms with E-state index in [1.807, 2.05) is 0 Å². The van der Waals surface area contributed by atoms with E-state index in [9.17, 15) is 0 Å². The number of rotatable bonds is 5. The van der Waals surface area contributed by atoms with Crippen molar-refractivity contribution >= 4 is 0 Å². The molecule has 2 rings (SSSR count). The molecule has 2 aliphatic rings. The molecule has 0 aromatic heterocycles. The van der Waals surface area contributed by atoms with E-state index in [0.29, 0.717) is 6.04 Å². The van der Waals surface area contributed by atoms with Gasteiger partial charge in [-0.05, 0) is 38.0 Å². The Bertz CT molecular complexity index is 162. The van der Waals surface area contributed by atoms with E-state index >= 15 is 0 Å². The Kier molecular flexibility index (Phi) is 3.82. The quantitative estimate of drug-likeness (QED) is 0.729. The van der Waals surface area contributed by atoms with Crippen molar-refractivity contribution in [3.8, 4) is 0 Å². The fourth-order valence-corrected chi connectivity index (χ4v) is 2.27. The molecule has 0 amide bonds. The molecule has 0 spiro atoms. The van der Waals surface area contributed by atoms with Crippen LogP contribution in [-0.2, 0) is 4.74 Å². The summed E-state index contributed by atoms with van der Waals surface area (Å²) in [5.41, 5.74) is 0. The van der Waals surface area contributed by atoms with Gasteiger partial charge in [-0.1, -0.05) is 12.8 Å². The van der Waals surface area contributed by atoms with Crippen LogP contribution < -0.4 is 5.32 Å². The Morgan fingerprint density at radius 2 is 2.14 bits per heavy atom. The molecule has 2 heteroatoms. The summed E-state index contributed by atoms with van der Waals surface area (Å²) in [6.07, 6.45) is 6.93. The van der Waals surface area contributed by atoms with Crippen LogP contribution in [0.1, 0.15) is 39.0 Å². The lowest BCUT2D eigenvalue weighted by molar-refractivity contribution is 0.0538. The standard InChI is InChI=1S/C12H23NO/c1-10(7-11-4-5-11)13-8-12-3-2-6-14-9-12/h10-13H,2-9H2,1H3. The fraction of sp³-hybridized carbons (Fsp3) is 1.00. The topological polar surface area (TPSA) is 21.3 Å². The lowest BCUT2D eigenvalue weighted by Gasteiger charge is -2.24. The van der Waals surface area contributed by atoms with E-state index in [0.717, 1.165) is 31.6 Å². The van der Waals surface area contributed by atoms with E-state index in [4.69, 9.17) is 4.74 Å². The SMILES string of the molecule is CC(CC1CC1)NCC1CCCOC1. The van der Waals surface area contributed by atoms with Gasteiger partial charge in [-0.15, -0.1) is 0 Å². The molecular formula is C12H23NO. The lowest BCUT2D eigenvalue weighted by atomic mass is 10.0. The fourth-order valence-electron chi connectivity index (χ4n) is 2.27. The van der Waals surface area contributed by atoms with E-state index in [2.05, 4.69) is 12.2 Å². The molecule has 2 fully saturated rings. The van der Waals surface area contributed by atoms with Gasteiger partial charge in [-0.25, -0.2) is 0 Å². The van der Waals surface area contributed by atoms with Crippen LogP contribution >= 0.6 is 0 Å². The number of hydrogen-bond donors (Lipinski definition) is 1. The molecule has 2 atom stereocenters. The molecule has 1 heterocycles. The monoisotopic (exact) mass is 197 g/mol. The molecule has 1 N–H and O–H groups in total. The van der Waals surface area contributed by atoms with Gasteiger partial charge in [-0.3, -0.25) is 0 Å². The van der Waals surface area contributed by atoms with Gasteiger partial charge in [0.1, 0.15) is 0 Å². The summed E-state index contributed by atoms with van der Waals surface area (Å²) in [6, 6.07) is 0.712. The zero-order chi connectivity index (χ0) is 9.80. The van der Waals surface area contributed by atoms with Crippen LogP contribution in [-0.4, -0.2) is 25.8 Å². The summed E-state index contributed by atoms with van der Waals surface area (Å²) >= 11 is 0. The predicted octanol–water partition coefficient (Wildman–Crippen LogP) is 2.19. The average molecular weight is 197 g/mol. The summed E-state index contributed by atoms with van der Waals surface area (Å²) in [4.78, 5) is 0. The predicted molar refractivity (Wildman–Crippen MR) is 58.3 cm³/mol. The first-order valence-electron chi connectivity index (χ1n) is 6.15. The second kappa shape index (κ2) is 5.13. The van der Waals surface area contributed by atoms with Gasteiger partial charge in [0.05, 0.1) is 6.61 Å². The molecule has 14 heavy (non-hydrogen) atoms. The Labute approximate surface area is 87.4 Å². The summed E-state index contributed by atoms with van der Waals surface area (Å²) in [6.45, 7) is 5.44. The van der Waals surface area contributed by atoms with Crippen LogP contribution in [0.3, 0.4) is 0 Å². The zero-order valence-electron chi connectivity index (χ0n) is 9.30. The number of nitrogens with one attached hydrogen (secondary N) is 1. The molecule has 2 unspecified atom stereocenters. The molecule has 82 valence electrons. The van der Waals surface area contributed by atoms with E-state index < -0.39 is 0 Å². The van der Waals surface area contributed by atoms with Crippen molar-refractivity contribution in [2.24, 2.45) is 11.8 Å². The average Bonchev–Trinajstić information content (AvgIpc) is 3.00. The van der Waals surface area contributed by atoms with E-state index in [1.165, 1.54) is 32.1 Å². The van der Waals surface area contributed by atoms with Gasteiger partial charge in [0.15, 0.2) is 0 Å². The van der Waals surface area contributed by atoms with Crippen LogP contribution in [0.5, 0.6) is 0 Å². The van der Waals surface area contributed by atoms with Gasteiger partial charge in [0.2, 0.25) is 0 Å². The second-order valence-electron chi connectivity index (χ2n) is 5.07. The van der Waals surface area contributed by atoms with Crippen molar-refractivity contribution in [2.75, 3.05) is 19.8 Å². The molecule has 2 nitrogen and oxygen atoms in total. The normalized spacial score (nSPS) is 30.2. The highest BCUT2D eigenvalue weighted by atomic mass is 16.5. The third kappa shape index (κ3) is 3.58. The smallest absolute Gasteiger partial charge is 0.0506 e. The lowest BCUT2D eigenvalue weighted by Crippen LogP contribution is -2.34. The number of hydrogen-bond acceptors (Lipinski definition) is 2. The maximum atomic E-state index is 5.47. The van der Waals surface area contributed by atoms with Crippen LogP contribution in [0.25, 0.3) is 0 Å². The molecule has 0 bridgehead atoms. The number of ether oxygens (including phenoxy) is 1. The van der Waals surface area contributed by atoms with Crippen molar-refractivity contribution in [3.63, 3.8) is 0 Å². The minimum absolute atomic E-state index is 0.712. The first-order chi connectivity index (χ1) is 6.84. The first-order valence-corrected chi connectivity index (χ1v) is 6.15. The molecule has 0 aromatic carbocycles. The Hall–Kier alpha value is -0.0800. The molecule has 1 aliphatic heterocycles. The third-order valence-electron chi connectivity index (χ3n) is 3.39. The van der Waals surface area contributed by atoms with Crippen molar-refractivity contribution < 1.29 is 4.74 Å². The van der Waals surface area contributed by atoms with Crippen LogP contribution in [0.2, 0.25) is 0 Å². The highest BCUT2D eigenvalue weighted by molar-refractivity contribution is 4.78. The van der Waals surface area contributed by atoms with Crippen molar-refractivity contribution in [1.82, 2.24) is 5.32 Å². The Morgan fingerprint density at radius 1 is 1.29 bits per heavy atom. The summed E-state index contributed by atoms with van der Waals surface area (Å²) < 4.78 is 5.47. The molecule has 0 radical (unpaired) electrons. The highest BCUT2D eigenvalue weighted by Gasteiger charge is 2.23. The van der Waals surface area contributed by atoms with Crippen molar-refractivity contribution in [2.45, 2.75) is 45.1 Å². The summed E-state index contributed by atoms with van der Waals surface area (Å²) in [7, 11) is 0. The first kappa shape index (κ1) is 10.4. The van der Waals surface area contributed by atoms with Crippen LogP contribution in [0.15, 0.2) is 0 Å². The maximum Gasteiger partial charge on any atom is 0.0506 e. The van der Waals surface area contributed by atoms with Crippen LogP contribution in [0.4, 0.5) is 0 Å². The largest absolute Gasteiger partial charge is 0.381 e. The summed E-state index contributed by atoms with van der Waals surface area (Å²) in [5.74, 6) is 1.81. The van der Waals surface area contributed by atoms with E-state index in [1.54, 1.807) is 0 Å². The van der Waals surface area contributed by atoms with E-state index in [-0.39, 0.29) is 0 Å². The van der Waals surface area contributed by atoms with Gasteiger partial charge in [-0.2, -0.15) is 0 Å². The minimum Gasteiger partial charge on any atom is -0.381 e. The molecular weight excluding hydrogens is 174 g/mol. The van der Waals surface area contributed by atoms with Crippen LogP contribution in [0, 0.1) is 11.8 Å². The molecule has 1 saturated heterocycles. The second-order valence-corrected chi connectivity index (χ2v) is 5.07. The van der Waals surface area contributed by atoms with Gasteiger partial charge >= 0.3 is 0 Å². The highest BCUT2D eigenvalue weighted by Crippen LogP contribution is 2.33. The van der Waals surface area contributed by atoms with Crippen molar-refractivity contribution in [1.29, 1.82) is 0 Å². The van der Waals surface area contributed by atoms with Crippen molar-refractivity contribution in [3.05, 3.63) is 0 Å². The Balaban J connectivity index is 1.55. The zero-order valence-corrected chi connectivity index (χ0v) is 9.30. The third-order valence-corrected chi connectivity index (χ3v) is 3.39. The van der Waals surface area contributed by atoms with Gasteiger partial charge in [0.25, 0.3) is 0 Å². The summed E-state index contributed by atoms with van der Waals surface area (Å²) in [5, 5.41) is 3.64.